The quantitative estimate of drug-likeness (QED) is 0.323. The number of aliphatic imine (C=N–C) groups is 1. The van der Waals surface area contributed by atoms with Gasteiger partial charge >= 0.3 is 0 Å². The fraction of sp³-hybridized carbons (Fsp3) is 0.929. The first-order valence-corrected chi connectivity index (χ1v) is 7.45. The molecule has 114 valence electrons. The summed E-state index contributed by atoms with van der Waals surface area (Å²) in [6.07, 6.45) is 4.48. The fourth-order valence-electron chi connectivity index (χ4n) is 1.49. The van der Waals surface area contributed by atoms with Crippen molar-refractivity contribution in [2.75, 3.05) is 46.6 Å². The number of unbranched alkanes of at least 4 members (excludes halogenated alkanes) is 2. The molecule has 0 aromatic rings. The van der Waals surface area contributed by atoms with Gasteiger partial charge in [0.1, 0.15) is 0 Å². The number of ether oxygens (including phenoxy) is 2. The highest BCUT2D eigenvalue weighted by Crippen LogP contribution is 1.88. The van der Waals surface area contributed by atoms with E-state index in [-0.39, 0.29) is 0 Å². The van der Waals surface area contributed by atoms with Crippen molar-refractivity contribution >= 4 is 5.96 Å². The van der Waals surface area contributed by atoms with Gasteiger partial charge in [0, 0.05) is 40.0 Å². The zero-order valence-electron chi connectivity index (χ0n) is 12.8. The SMILES string of the molecule is CCCCOCCNC(=NC)NCCCCOCC. The third-order valence-corrected chi connectivity index (χ3v) is 2.62. The molecule has 0 saturated carbocycles. The molecular formula is C14H31N3O2. The molecule has 0 aliphatic heterocycles. The third kappa shape index (κ3) is 13.4. The average molecular weight is 273 g/mol. The van der Waals surface area contributed by atoms with Crippen molar-refractivity contribution in [3.63, 3.8) is 0 Å². The van der Waals surface area contributed by atoms with Crippen molar-refractivity contribution in [2.24, 2.45) is 4.99 Å². The second kappa shape index (κ2) is 15.2. The Bertz CT molecular complexity index is 193. The molecule has 0 heterocycles. The zero-order valence-corrected chi connectivity index (χ0v) is 12.8. The maximum Gasteiger partial charge on any atom is 0.191 e. The monoisotopic (exact) mass is 273 g/mol. The number of guanidine groups is 1. The van der Waals surface area contributed by atoms with Crippen LogP contribution in [0.2, 0.25) is 0 Å². The molecule has 0 aliphatic rings. The first-order chi connectivity index (χ1) is 9.35. The number of hydrogen-bond donors (Lipinski definition) is 2. The van der Waals surface area contributed by atoms with Crippen LogP contribution in [0.25, 0.3) is 0 Å². The van der Waals surface area contributed by atoms with Gasteiger partial charge in [0.25, 0.3) is 0 Å². The molecule has 19 heavy (non-hydrogen) atoms. The van der Waals surface area contributed by atoms with Gasteiger partial charge < -0.3 is 20.1 Å². The Hall–Kier alpha value is -0.810. The Kier molecular flexibility index (Phi) is 14.6. The molecule has 0 fully saturated rings. The van der Waals surface area contributed by atoms with Crippen molar-refractivity contribution < 1.29 is 9.47 Å². The molecule has 5 nitrogen and oxygen atoms in total. The van der Waals surface area contributed by atoms with Crippen LogP contribution in [0.1, 0.15) is 39.5 Å². The summed E-state index contributed by atoms with van der Waals surface area (Å²) < 4.78 is 10.8. The lowest BCUT2D eigenvalue weighted by Crippen LogP contribution is -2.39. The molecule has 2 N–H and O–H groups in total. The van der Waals surface area contributed by atoms with Crippen LogP contribution >= 0.6 is 0 Å². The van der Waals surface area contributed by atoms with E-state index in [9.17, 15) is 0 Å². The Morgan fingerprint density at radius 2 is 1.63 bits per heavy atom. The van der Waals surface area contributed by atoms with Crippen LogP contribution in [-0.2, 0) is 9.47 Å². The van der Waals surface area contributed by atoms with Gasteiger partial charge in [-0.2, -0.15) is 0 Å². The van der Waals surface area contributed by atoms with Gasteiger partial charge in [0.2, 0.25) is 0 Å². The Labute approximate surface area is 118 Å². The van der Waals surface area contributed by atoms with Crippen LogP contribution in [0.5, 0.6) is 0 Å². The molecule has 0 unspecified atom stereocenters. The summed E-state index contributed by atoms with van der Waals surface area (Å²) in [5.41, 5.74) is 0. The minimum absolute atomic E-state index is 0.727. The summed E-state index contributed by atoms with van der Waals surface area (Å²) in [6.45, 7) is 9.12. The number of rotatable bonds is 12. The van der Waals surface area contributed by atoms with Crippen molar-refractivity contribution in [2.45, 2.75) is 39.5 Å². The van der Waals surface area contributed by atoms with Crippen molar-refractivity contribution in [3.8, 4) is 0 Å². The summed E-state index contributed by atoms with van der Waals surface area (Å²) in [6, 6.07) is 0. The van der Waals surface area contributed by atoms with Gasteiger partial charge in [-0.15, -0.1) is 0 Å². The van der Waals surface area contributed by atoms with E-state index in [1.807, 2.05) is 6.92 Å². The number of hydrogen-bond acceptors (Lipinski definition) is 3. The molecule has 0 spiro atoms. The lowest BCUT2D eigenvalue weighted by Gasteiger charge is -2.12. The molecule has 0 aromatic carbocycles. The minimum atomic E-state index is 0.727. The van der Waals surface area contributed by atoms with Crippen LogP contribution in [0, 0.1) is 0 Å². The Balaban J connectivity index is 3.36. The Morgan fingerprint density at radius 3 is 2.32 bits per heavy atom. The van der Waals surface area contributed by atoms with E-state index < -0.39 is 0 Å². The first kappa shape index (κ1) is 18.2. The number of nitrogens with zero attached hydrogens (tertiary/aromatic N) is 1. The van der Waals surface area contributed by atoms with Gasteiger partial charge in [-0.25, -0.2) is 0 Å². The van der Waals surface area contributed by atoms with Crippen molar-refractivity contribution in [1.82, 2.24) is 10.6 Å². The molecule has 0 saturated heterocycles. The van der Waals surface area contributed by atoms with Gasteiger partial charge in [-0.3, -0.25) is 4.99 Å². The second-order valence-electron chi connectivity index (χ2n) is 4.30. The van der Waals surface area contributed by atoms with E-state index in [0.29, 0.717) is 0 Å². The first-order valence-electron chi connectivity index (χ1n) is 7.45. The maximum atomic E-state index is 5.48. The Morgan fingerprint density at radius 1 is 0.895 bits per heavy atom. The highest BCUT2D eigenvalue weighted by molar-refractivity contribution is 5.79. The third-order valence-electron chi connectivity index (χ3n) is 2.62. The molecule has 0 bridgehead atoms. The summed E-state index contributed by atoms with van der Waals surface area (Å²) >= 11 is 0. The largest absolute Gasteiger partial charge is 0.382 e. The fourth-order valence-corrected chi connectivity index (χ4v) is 1.49. The highest BCUT2D eigenvalue weighted by Gasteiger charge is 1.96. The molecule has 0 amide bonds. The predicted molar refractivity (Wildman–Crippen MR) is 80.8 cm³/mol. The minimum Gasteiger partial charge on any atom is -0.382 e. The summed E-state index contributed by atoms with van der Waals surface area (Å²) in [4.78, 5) is 4.16. The van der Waals surface area contributed by atoms with Crippen LogP contribution in [0.15, 0.2) is 4.99 Å². The van der Waals surface area contributed by atoms with Crippen LogP contribution in [-0.4, -0.2) is 52.5 Å². The van der Waals surface area contributed by atoms with E-state index in [4.69, 9.17) is 9.47 Å². The van der Waals surface area contributed by atoms with Crippen LogP contribution in [0.3, 0.4) is 0 Å². The van der Waals surface area contributed by atoms with E-state index >= 15 is 0 Å². The smallest absolute Gasteiger partial charge is 0.191 e. The van der Waals surface area contributed by atoms with Gasteiger partial charge in [-0.05, 0) is 26.2 Å². The molecule has 0 atom stereocenters. The molecule has 0 aliphatic carbocycles. The molecule has 0 rings (SSSR count). The van der Waals surface area contributed by atoms with Gasteiger partial charge in [0.15, 0.2) is 5.96 Å². The summed E-state index contributed by atoms with van der Waals surface area (Å²) in [5.74, 6) is 0.843. The molecular weight excluding hydrogens is 242 g/mol. The van der Waals surface area contributed by atoms with Gasteiger partial charge in [-0.1, -0.05) is 13.3 Å². The summed E-state index contributed by atoms with van der Waals surface area (Å²) in [5, 5.41) is 6.51. The van der Waals surface area contributed by atoms with Crippen LogP contribution < -0.4 is 10.6 Å². The van der Waals surface area contributed by atoms with Gasteiger partial charge in [0.05, 0.1) is 6.61 Å². The lowest BCUT2D eigenvalue weighted by molar-refractivity contribution is 0.136. The maximum absolute atomic E-state index is 5.48. The molecule has 0 aromatic heterocycles. The van der Waals surface area contributed by atoms with E-state index in [2.05, 4.69) is 22.5 Å². The highest BCUT2D eigenvalue weighted by atomic mass is 16.5. The van der Waals surface area contributed by atoms with Crippen LogP contribution in [0.4, 0.5) is 0 Å². The second-order valence-corrected chi connectivity index (χ2v) is 4.30. The standard InChI is InChI=1S/C14H31N3O2/c1-4-6-11-19-13-10-17-14(15-3)16-9-7-8-12-18-5-2/h4-13H2,1-3H3,(H2,15,16,17). The molecule has 5 heteroatoms. The van der Waals surface area contributed by atoms with E-state index in [1.54, 1.807) is 7.05 Å². The zero-order chi connectivity index (χ0) is 14.2. The van der Waals surface area contributed by atoms with E-state index in [1.165, 1.54) is 6.42 Å². The predicted octanol–water partition coefficient (Wildman–Crippen LogP) is 1.78. The summed E-state index contributed by atoms with van der Waals surface area (Å²) in [7, 11) is 1.79. The topological polar surface area (TPSA) is 54.9 Å². The normalized spacial score (nSPS) is 11.6. The number of nitrogens with one attached hydrogen (secondary N) is 2. The van der Waals surface area contributed by atoms with Crippen molar-refractivity contribution in [3.05, 3.63) is 0 Å². The van der Waals surface area contributed by atoms with E-state index in [0.717, 1.165) is 64.7 Å². The van der Waals surface area contributed by atoms with Crippen molar-refractivity contribution in [1.29, 1.82) is 0 Å². The average Bonchev–Trinajstić information content (AvgIpc) is 2.44. The molecule has 0 radical (unpaired) electrons. The lowest BCUT2D eigenvalue weighted by atomic mass is 10.3.